The van der Waals surface area contributed by atoms with Crippen molar-refractivity contribution >= 4 is 21.7 Å². The molecule has 0 spiro atoms. The molecule has 1 aliphatic heterocycles. The van der Waals surface area contributed by atoms with Crippen LogP contribution in [0.5, 0.6) is 0 Å². The van der Waals surface area contributed by atoms with E-state index in [0.717, 1.165) is 4.31 Å². The van der Waals surface area contributed by atoms with Crippen molar-refractivity contribution in [3.63, 3.8) is 0 Å². The number of aromatic amines is 1. The van der Waals surface area contributed by atoms with Crippen molar-refractivity contribution < 1.29 is 18.3 Å². The van der Waals surface area contributed by atoms with Crippen molar-refractivity contribution in [1.82, 2.24) is 9.97 Å². The molecule has 0 saturated carbocycles. The number of rotatable bonds is 3. The van der Waals surface area contributed by atoms with Crippen LogP contribution in [-0.2, 0) is 21.2 Å². The number of nitrogens with zero attached hydrogens (tertiary/aromatic N) is 2. The number of carboxylic acid groups (broad SMARTS) is 1. The Labute approximate surface area is 121 Å². The molecular weight excluding hydrogens is 294 g/mol. The molecule has 0 fully saturated rings. The first-order valence-corrected chi connectivity index (χ1v) is 7.72. The van der Waals surface area contributed by atoms with E-state index in [2.05, 4.69) is 9.97 Å². The minimum Gasteiger partial charge on any atom is -0.480 e. The number of fused-ring (bicyclic) bond motifs is 1. The number of hydrogen-bond donors (Lipinski definition) is 2. The van der Waals surface area contributed by atoms with Gasteiger partial charge >= 0.3 is 5.97 Å². The van der Waals surface area contributed by atoms with Gasteiger partial charge in [-0.1, -0.05) is 18.2 Å². The molecule has 0 aliphatic carbocycles. The number of aliphatic carboxylic acids is 1. The van der Waals surface area contributed by atoms with Gasteiger partial charge in [0.2, 0.25) is 0 Å². The summed E-state index contributed by atoms with van der Waals surface area (Å²) in [6.07, 6.45) is 1.35. The highest BCUT2D eigenvalue weighted by Gasteiger charge is 2.42. The molecule has 0 amide bonds. The Hall–Kier alpha value is -2.35. The summed E-state index contributed by atoms with van der Waals surface area (Å²) < 4.78 is 26.4. The number of nitrogens with one attached hydrogen (secondary N) is 1. The monoisotopic (exact) mass is 307 g/mol. The Balaban J connectivity index is 2.16. The molecule has 7 nitrogen and oxygen atoms in total. The maximum Gasteiger partial charge on any atom is 0.327 e. The van der Waals surface area contributed by atoms with Crippen LogP contribution < -0.4 is 4.31 Å². The van der Waals surface area contributed by atoms with E-state index in [-0.39, 0.29) is 11.4 Å². The van der Waals surface area contributed by atoms with Crippen LogP contribution in [0.1, 0.15) is 11.4 Å². The Morgan fingerprint density at radius 2 is 2.14 bits per heavy atom. The van der Waals surface area contributed by atoms with Gasteiger partial charge in [-0.3, -0.25) is 4.31 Å². The molecule has 2 N–H and O–H groups in total. The molecule has 0 radical (unpaired) electrons. The fraction of sp³-hybridized carbons (Fsp3) is 0.231. The molecule has 2 heterocycles. The lowest BCUT2D eigenvalue weighted by atomic mass is 10.1. The normalized spacial score (nSPS) is 17.8. The fourth-order valence-corrected chi connectivity index (χ4v) is 4.09. The van der Waals surface area contributed by atoms with Gasteiger partial charge in [0.15, 0.2) is 5.03 Å². The van der Waals surface area contributed by atoms with E-state index in [1.807, 2.05) is 0 Å². The lowest BCUT2D eigenvalue weighted by Gasteiger charge is -2.23. The summed E-state index contributed by atoms with van der Waals surface area (Å²) in [7, 11) is -3.99. The smallest absolute Gasteiger partial charge is 0.327 e. The zero-order valence-corrected chi connectivity index (χ0v) is 12.0. The largest absolute Gasteiger partial charge is 0.480 e. The molecule has 0 unspecified atom stereocenters. The Morgan fingerprint density at radius 1 is 1.43 bits per heavy atom. The number of H-pyrrole nitrogens is 1. The molecule has 3 rings (SSSR count). The summed E-state index contributed by atoms with van der Waals surface area (Å²) in [5.41, 5.74) is 1.10. The Bertz CT molecular complexity index is 812. The number of imidazole rings is 1. The van der Waals surface area contributed by atoms with Gasteiger partial charge in [-0.15, -0.1) is 0 Å². The molecular formula is C13H13N3O4S. The number of sulfonamides is 1. The molecule has 21 heavy (non-hydrogen) atoms. The summed E-state index contributed by atoms with van der Waals surface area (Å²) >= 11 is 0. The van der Waals surface area contributed by atoms with Gasteiger partial charge in [0.25, 0.3) is 10.0 Å². The topological polar surface area (TPSA) is 103 Å². The van der Waals surface area contributed by atoms with E-state index in [1.54, 1.807) is 31.2 Å². The van der Waals surface area contributed by atoms with Crippen molar-refractivity contribution in [2.45, 2.75) is 24.4 Å². The van der Waals surface area contributed by atoms with Crippen LogP contribution >= 0.6 is 0 Å². The quantitative estimate of drug-likeness (QED) is 0.877. The van der Waals surface area contributed by atoms with Crippen LogP contribution in [0.15, 0.2) is 35.5 Å². The lowest BCUT2D eigenvalue weighted by molar-refractivity contribution is -0.138. The molecule has 2 aromatic rings. The van der Waals surface area contributed by atoms with E-state index in [1.165, 1.54) is 6.20 Å². The number of benzene rings is 1. The zero-order valence-electron chi connectivity index (χ0n) is 11.1. The van der Waals surface area contributed by atoms with Crippen LogP contribution in [0.2, 0.25) is 0 Å². The molecule has 1 aromatic heterocycles. The highest BCUT2D eigenvalue weighted by atomic mass is 32.2. The van der Waals surface area contributed by atoms with Crippen LogP contribution in [-0.4, -0.2) is 35.5 Å². The van der Waals surface area contributed by atoms with E-state index in [0.29, 0.717) is 17.1 Å². The third kappa shape index (κ3) is 2.07. The molecule has 1 aromatic carbocycles. The van der Waals surface area contributed by atoms with E-state index >= 15 is 0 Å². The Kier molecular flexibility index (Phi) is 2.98. The van der Waals surface area contributed by atoms with Gasteiger partial charge in [-0.2, -0.15) is 8.42 Å². The fourth-order valence-electron chi connectivity index (χ4n) is 2.48. The number of anilines is 1. The average Bonchev–Trinajstić information content (AvgIpc) is 3.02. The van der Waals surface area contributed by atoms with Crippen molar-refractivity contribution in [1.29, 1.82) is 0 Å². The van der Waals surface area contributed by atoms with Crippen molar-refractivity contribution in [3.8, 4) is 0 Å². The van der Waals surface area contributed by atoms with Crippen LogP contribution in [0.3, 0.4) is 0 Å². The number of aromatic nitrogens is 2. The average molecular weight is 307 g/mol. The summed E-state index contributed by atoms with van der Waals surface area (Å²) in [5.74, 6) is -0.723. The SMILES string of the molecule is Cc1ncc(S(=O)(=O)N2c3ccccc3C[C@H]2C(=O)O)[nH]1. The molecule has 0 bridgehead atoms. The molecule has 1 atom stereocenters. The summed E-state index contributed by atoms with van der Waals surface area (Å²) in [5, 5.41) is 9.23. The lowest BCUT2D eigenvalue weighted by Crippen LogP contribution is -2.42. The minimum atomic E-state index is -3.99. The van der Waals surface area contributed by atoms with Crippen molar-refractivity contribution in [3.05, 3.63) is 41.9 Å². The predicted octanol–water partition coefficient (Wildman–Crippen LogP) is 0.923. The maximum absolute atomic E-state index is 12.7. The first kappa shape index (κ1) is 13.6. The van der Waals surface area contributed by atoms with E-state index in [4.69, 9.17) is 0 Å². The number of para-hydroxylation sites is 1. The molecule has 8 heteroatoms. The highest BCUT2D eigenvalue weighted by Crippen LogP contribution is 2.36. The van der Waals surface area contributed by atoms with Crippen LogP contribution in [0, 0.1) is 6.92 Å². The van der Waals surface area contributed by atoms with Crippen LogP contribution in [0.25, 0.3) is 0 Å². The minimum absolute atomic E-state index is 0.108. The predicted molar refractivity (Wildman–Crippen MR) is 74.6 cm³/mol. The Morgan fingerprint density at radius 3 is 2.76 bits per heavy atom. The maximum atomic E-state index is 12.7. The molecule has 110 valence electrons. The number of carboxylic acids is 1. The van der Waals surface area contributed by atoms with Gasteiger partial charge in [-0.05, 0) is 18.6 Å². The summed E-state index contributed by atoms with van der Waals surface area (Å²) in [6, 6.07) is 5.65. The number of hydrogen-bond acceptors (Lipinski definition) is 4. The van der Waals surface area contributed by atoms with Gasteiger partial charge in [0.1, 0.15) is 11.9 Å². The van der Waals surface area contributed by atoms with Crippen molar-refractivity contribution in [2.24, 2.45) is 0 Å². The molecule has 0 saturated heterocycles. The first-order valence-electron chi connectivity index (χ1n) is 6.28. The van der Waals surface area contributed by atoms with Gasteiger partial charge < -0.3 is 10.1 Å². The zero-order chi connectivity index (χ0) is 15.2. The first-order chi connectivity index (χ1) is 9.91. The van der Waals surface area contributed by atoms with E-state index in [9.17, 15) is 18.3 Å². The molecule has 1 aliphatic rings. The second-order valence-electron chi connectivity index (χ2n) is 4.82. The second-order valence-corrected chi connectivity index (χ2v) is 6.60. The summed E-state index contributed by atoms with van der Waals surface area (Å²) in [6.45, 7) is 1.63. The number of carbonyl (C=O) groups is 1. The van der Waals surface area contributed by atoms with Crippen molar-refractivity contribution in [2.75, 3.05) is 4.31 Å². The highest BCUT2D eigenvalue weighted by molar-refractivity contribution is 7.92. The van der Waals surface area contributed by atoms with Gasteiger partial charge in [0, 0.05) is 6.42 Å². The van der Waals surface area contributed by atoms with Crippen LogP contribution in [0.4, 0.5) is 5.69 Å². The second kappa shape index (κ2) is 4.59. The standard InChI is InChI=1S/C13H13N3O4S/c1-8-14-7-12(15-8)21(19,20)16-10-5-3-2-4-9(10)6-11(16)13(17)18/h2-5,7,11H,6H2,1H3,(H,14,15)(H,17,18)/t11-/m0/s1. The van der Waals surface area contributed by atoms with E-state index < -0.39 is 22.0 Å². The summed E-state index contributed by atoms with van der Waals surface area (Å²) in [4.78, 5) is 18.0. The third-order valence-corrected chi connectivity index (χ3v) is 5.16. The number of aryl methyl sites for hydroxylation is 1. The third-order valence-electron chi connectivity index (χ3n) is 3.43. The van der Waals surface area contributed by atoms with Gasteiger partial charge in [-0.25, -0.2) is 9.78 Å². The van der Waals surface area contributed by atoms with Gasteiger partial charge in [0.05, 0.1) is 11.9 Å².